The Balaban J connectivity index is 1.53. The van der Waals surface area contributed by atoms with Gasteiger partial charge in [0.2, 0.25) is 10.7 Å². The van der Waals surface area contributed by atoms with Crippen LogP contribution >= 0.6 is 11.3 Å². The fourth-order valence-electron chi connectivity index (χ4n) is 6.27. The van der Waals surface area contributed by atoms with Crippen LogP contribution in [0.3, 0.4) is 0 Å². The van der Waals surface area contributed by atoms with E-state index in [1.165, 1.54) is 48.7 Å². The molecule has 180 valence electrons. The van der Waals surface area contributed by atoms with Crippen molar-refractivity contribution in [3.8, 4) is 17.2 Å². The molecular weight excluding hydrogens is 483 g/mol. The van der Waals surface area contributed by atoms with Crippen molar-refractivity contribution in [1.29, 1.82) is 0 Å². The standard InChI is InChI=1S/C33H24BN2OS/c1-21-12-6-9-17-26(21)35-22(2)38-30-20-28-31-33(32(30)35)37-29-19-11-8-16-25(29)34(31)24-15-7-10-18-27(24)36(28)23-13-4-3-5-14-23/h3-20H,1-2H3/q+1. The Bertz CT molecular complexity index is 1900. The second-order valence-corrected chi connectivity index (χ2v) is 11.3. The number of benzene rings is 5. The molecule has 0 unspecified atom stereocenters. The van der Waals surface area contributed by atoms with Crippen LogP contribution in [0.15, 0.2) is 109 Å². The van der Waals surface area contributed by atoms with E-state index in [1.54, 1.807) is 0 Å². The molecular formula is C33H24BN2OS+. The van der Waals surface area contributed by atoms with Crippen molar-refractivity contribution in [3.63, 3.8) is 0 Å². The molecule has 38 heavy (non-hydrogen) atoms. The minimum absolute atomic E-state index is 0.0936. The minimum atomic E-state index is 0.0936. The van der Waals surface area contributed by atoms with Gasteiger partial charge in [-0.15, -0.1) is 4.57 Å². The van der Waals surface area contributed by atoms with Gasteiger partial charge in [0.05, 0.1) is 0 Å². The van der Waals surface area contributed by atoms with Crippen LogP contribution in [0, 0.1) is 13.8 Å². The molecule has 0 N–H and O–H groups in total. The topological polar surface area (TPSA) is 16.4 Å². The van der Waals surface area contributed by atoms with Crippen LogP contribution in [0.4, 0.5) is 17.1 Å². The van der Waals surface area contributed by atoms with Crippen LogP contribution in [0.25, 0.3) is 15.9 Å². The number of aromatic nitrogens is 1. The second kappa shape index (κ2) is 8.08. The molecule has 5 heteroatoms. The maximum atomic E-state index is 6.91. The Morgan fingerprint density at radius 1 is 0.737 bits per heavy atom. The van der Waals surface area contributed by atoms with Gasteiger partial charge in [-0.25, -0.2) is 0 Å². The van der Waals surface area contributed by atoms with Crippen LogP contribution < -0.4 is 30.6 Å². The van der Waals surface area contributed by atoms with Gasteiger partial charge in [-0.1, -0.05) is 84.1 Å². The summed E-state index contributed by atoms with van der Waals surface area (Å²) in [6.07, 6.45) is 0. The largest absolute Gasteiger partial charge is 0.451 e. The summed E-state index contributed by atoms with van der Waals surface area (Å²) in [5.41, 5.74) is 10.9. The lowest BCUT2D eigenvalue weighted by Gasteiger charge is -2.39. The van der Waals surface area contributed by atoms with Crippen molar-refractivity contribution in [2.75, 3.05) is 4.90 Å². The number of hydrogen-bond donors (Lipinski definition) is 0. The number of nitrogens with zero attached hydrogens (tertiary/aromatic N) is 2. The van der Waals surface area contributed by atoms with Gasteiger partial charge in [-0.2, -0.15) is 0 Å². The van der Waals surface area contributed by atoms with E-state index in [1.807, 2.05) is 11.3 Å². The van der Waals surface area contributed by atoms with Gasteiger partial charge >= 0.3 is 0 Å². The number of para-hydroxylation sites is 4. The van der Waals surface area contributed by atoms with E-state index in [-0.39, 0.29) is 6.71 Å². The van der Waals surface area contributed by atoms with Crippen LogP contribution in [0.5, 0.6) is 11.5 Å². The molecule has 2 aliphatic heterocycles. The van der Waals surface area contributed by atoms with Crippen LogP contribution in [0.1, 0.15) is 10.6 Å². The van der Waals surface area contributed by atoms with Crippen molar-refractivity contribution in [3.05, 3.63) is 120 Å². The minimum Gasteiger partial charge on any atom is -0.451 e. The van der Waals surface area contributed by atoms with Crippen LogP contribution in [-0.2, 0) is 0 Å². The number of thiazole rings is 1. The molecule has 8 rings (SSSR count). The van der Waals surface area contributed by atoms with Crippen molar-refractivity contribution in [1.82, 2.24) is 0 Å². The smallest absolute Gasteiger partial charge is 0.272 e. The Labute approximate surface area is 226 Å². The first-order valence-corrected chi connectivity index (χ1v) is 13.8. The van der Waals surface area contributed by atoms with Crippen molar-refractivity contribution in [2.24, 2.45) is 0 Å². The average Bonchev–Trinajstić information content (AvgIpc) is 3.29. The molecule has 3 heterocycles. The van der Waals surface area contributed by atoms with E-state index in [0.717, 1.165) is 22.7 Å². The first kappa shape index (κ1) is 21.7. The Hall–Kier alpha value is -4.35. The van der Waals surface area contributed by atoms with Crippen LogP contribution in [-0.4, -0.2) is 6.71 Å². The summed E-state index contributed by atoms with van der Waals surface area (Å²) in [7, 11) is 0. The summed E-state index contributed by atoms with van der Waals surface area (Å²) in [4.78, 5) is 2.41. The molecule has 1 aromatic heterocycles. The maximum absolute atomic E-state index is 6.91. The molecule has 0 atom stereocenters. The Morgan fingerprint density at radius 3 is 2.29 bits per heavy atom. The van der Waals surface area contributed by atoms with Gasteiger partial charge in [0.1, 0.15) is 10.4 Å². The lowest BCUT2D eigenvalue weighted by Crippen LogP contribution is -2.59. The fraction of sp³-hybridized carbons (Fsp3) is 0.0606. The number of fused-ring (bicyclic) bond motifs is 6. The molecule has 0 saturated carbocycles. The predicted molar refractivity (Wildman–Crippen MR) is 159 cm³/mol. The van der Waals surface area contributed by atoms with Gasteiger partial charge in [-0.05, 0) is 48.2 Å². The number of rotatable bonds is 2. The van der Waals surface area contributed by atoms with Gasteiger partial charge in [0.15, 0.2) is 5.75 Å². The summed E-state index contributed by atoms with van der Waals surface area (Å²) in [6.45, 7) is 4.48. The quantitative estimate of drug-likeness (QED) is 0.205. The summed E-state index contributed by atoms with van der Waals surface area (Å²) >= 11 is 1.83. The molecule has 6 aromatic rings. The molecule has 0 radical (unpaired) electrons. The van der Waals surface area contributed by atoms with E-state index >= 15 is 0 Å². The highest BCUT2D eigenvalue weighted by molar-refractivity contribution is 7.18. The number of aryl methyl sites for hydroxylation is 2. The average molecular weight is 507 g/mol. The third kappa shape index (κ3) is 2.94. The first-order valence-electron chi connectivity index (χ1n) is 13.0. The third-order valence-electron chi connectivity index (χ3n) is 7.86. The lowest BCUT2D eigenvalue weighted by molar-refractivity contribution is -0.569. The molecule has 0 amide bonds. The molecule has 0 spiro atoms. The Morgan fingerprint density at radius 2 is 1.45 bits per heavy atom. The van der Waals surface area contributed by atoms with E-state index in [4.69, 9.17) is 4.74 Å². The van der Waals surface area contributed by atoms with E-state index in [0.29, 0.717) is 0 Å². The number of ether oxygens (including phenoxy) is 1. The first-order chi connectivity index (χ1) is 18.7. The Kier molecular flexibility index (Phi) is 4.61. The van der Waals surface area contributed by atoms with Gasteiger partial charge in [-0.3, -0.25) is 0 Å². The van der Waals surface area contributed by atoms with Crippen molar-refractivity contribution >= 4 is 61.7 Å². The molecule has 0 fully saturated rings. The highest BCUT2D eigenvalue weighted by Gasteiger charge is 2.45. The second-order valence-electron chi connectivity index (χ2n) is 10.0. The monoisotopic (exact) mass is 507 g/mol. The van der Waals surface area contributed by atoms with E-state index in [9.17, 15) is 0 Å². The highest BCUT2D eigenvalue weighted by atomic mass is 32.1. The maximum Gasteiger partial charge on any atom is 0.272 e. The molecule has 0 bridgehead atoms. The van der Waals surface area contributed by atoms with E-state index < -0.39 is 0 Å². The summed E-state index contributed by atoms with van der Waals surface area (Å²) in [5, 5.41) is 1.23. The third-order valence-corrected chi connectivity index (χ3v) is 8.87. The lowest BCUT2D eigenvalue weighted by atomic mass is 9.34. The summed E-state index contributed by atoms with van der Waals surface area (Å²) in [6, 6.07) is 39.1. The van der Waals surface area contributed by atoms with Gasteiger partial charge < -0.3 is 9.64 Å². The molecule has 2 aliphatic rings. The fourth-order valence-corrected chi connectivity index (χ4v) is 7.32. The van der Waals surface area contributed by atoms with Gasteiger partial charge in [0.25, 0.3) is 12.2 Å². The number of anilines is 3. The summed E-state index contributed by atoms with van der Waals surface area (Å²) < 4.78 is 10.5. The number of hydrogen-bond acceptors (Lipinski definition) is 3. The van der Waals surface area contributed by atoms with Crippen LogP contribution in [0.2, 0.25) is 0 Å². The van der Waals surface area contributed by atoms with Crippen molar-refractivity contribution in [2.45, 2.75) is 13.8 Å². The van der Waals surface area contributed by atoms with Crippen molar-refractivity contribution < 1.29 is 9.30 Å². The van der Waals surface area contributed by atoms with Gasteiger partial charge in [0, 0.05) is 41.1 Å². The summed E-state index contributed by atoms with van der Waals surface area (Å²) in [5.74, 6) is 1.90. The zero-order valence-corrected chi connectivity index (χ0v) is 22.0. The highest BCUT2D eigenvalue weighted by Crippen LogP contribution is 2.44. The normalized spacial score (nSPS) is 13.1. The zero-order chi connectivity index (χ0) is 25.4. The zero-order valence-electron chi connectivity index (χ0n) is 21.2. The predicted octanol–water partition coefficient (Wildman–Crippen LogP) is 6.20. The SMILES string of the molecule is Cc1ccccc1-[n+]1c(C)sc2cc3c4c(c21)Oc1ccccc1B4c1ccccc1N3c1ccccc1. The molecule has 5 aromatic carbocycles. The van der Waals surface area contributed by atoms with E-state index in [2.05, 4.69) is 133 Å². The molecule has 3 nitrogen and oxygen atoms in total. The molecule has 0 aliphatic carbocycles. The molecule has 0 saturated heterocycles.